The molecule has 0 spiro atoms. The summed E-state index contributed by atoms with van der Waals surface area (Å²) in [5, 5.41) is 8.13. The summed E-state index contributed by atoms with van der Waals surface area (Å²) >= 11 is 0. The first-order chi connectivity index (χ1) is 15.5. The van der Waals surface area contributed by atoms with Crippen LogP contribution in [0.2, 0.25) is 0 Å². The highest BCUT2D eigenvalue weighted by atomic mass is 16.1. The summed E-state index contributed by atoms with van der Waals surface area (Å²) in [5.41, 5.74) is 8.94. The Bertz CT molecular complexity index is 1360. The second-order valence-corrected chi connectivity index (χ2v) is 7.38. The molecule has 0 saturated heterocycles. The minimum atomic E-state index is -0.336. The van der Waals surface area contributed by atoms with Crippen LogP contribution in [0.4, 0.5) is 11.6 Å². The maximum atomic E-state index is 13.2. The number of aromatic nitrogens is 4. The highest BCUT2D eigenvalue weighted by molar-refractivity contribution is 5.91. The van der Waals surface area contributed by atoms with Crippen LogP contribution in [0.15, 0.2) is 64.5 Å². The molecule has 4 aromatic rings. The Morgan fingerprint density at radius 1 is 1.19 bits per heavy atom. The van der Waals surface area contributed by atoms with E-state index >= 15 is 0 Å². The minimum absolute atomic E-state index is 0.119. The van der Waals surface area contributed by atoms with E-state index in [9.17, 15) is 9.59 Å². The van der Waals surface area contributed by atoms with Crippen molar-refractivity contribution < 1.29 is 4.79 Å². The van der Waals surface area contributed by atoms with Crippen molar-refractivity contribution in [2.24, 2.45) is 4.99 Å². The van der Waals surface area contributed by atoms with E-state index in [1.54, 1.807) is 31.3 Å². The lowest BCUT2D eigenvalue weighted by Gasteiger charge is -2.13. The smallest absolute Gasteiger partial charge is 0.313 e. The van der Waals surface area contributed by atoms with Crippen molar-refractivity contribution in [3.8, 4) is 0 Å². The highest BCUT2D eigenvalue weighted by Gasteiger charge is 2.16. The first kappa shape index (κ1) is 21.0. The maximum absolute atomic E-state index is 13.2. The number of hydrogen-bond donors (Lipinski definition) is 2. The van der Waals surface area contributed by atoms with Crippen molar-refractivity contribution in [3.63, 3.8) is 0 Å². The van der Waals surface area contributed by atoms with E-state index in [4.69, 9.17) is 5.73 Å². The van der Waals surface area contributed by atoms with Gasteiger partial charge in [0, 0.05) is 11.9 Å². The zero-order valence-corrected chi connectivity index (χ0v) is 17.7. The fourth-order valence-electron chi connectivity index (χ4n) is 3.52. The lowest BCUT2D eigenvalue weighted by Crippen LogP contribution is -2.32. The number of rotatable bonds is 7. The Morgan fingerprint density at radius 2 is 1.97 bits per heavy atom. The largest absolute Gasteiger partial charge is 0.382 e. The number of fused-ring (bicyclic) bond motifs is 1. The van der Waals surface area contributed by atoms with E-state index < -0.39 is 0 Å². The first-order valence-corrected chi connectivity index (χ1v) is 10.1. The van der Waals surface area contributed by atoms with Crippen molar-refractivity contribution in [2.75, 3.05) is 17.6 Å². The van der Waals surface area contributed by atoms with Crippen LogP contribution in [0, 0.1) is 6.92 Å². The van der Waals surface area contributed by atoms with E-state index in [0.29, 0.717) is 23.1 Å². The molecule has 1 amide bonds. The average Bonchev–Trinajstić information content (AvgIpc) is 3.11. The summed E-state index contributed by atoms with van der Waals surface area (Å²) in [6, 6.07) is 15.3. The summed E-state index contributed by atoms with van der Waals surface area (Å²) in [7, 11) is 0. The average molecular weight is 429 g/mol. The molecule has 2 heterocycles. The molecule has 2 aromatic heterocycles. The van der Waals surface area contributed by atoms with Crippen LogP contribution in [0.1, 0.15) is 16.8 Å². The molecule has 0 unspecified atom stereocenters. The Morgan fingerprint density at radius 3 is 2.72 bits per heavy atom. The summed E-state index contributed by atoms with van der Waals surface area (Å²) < 4.78 is 1.42. The van der Waals surface area contributed by atoms with Gasteiger partial charge in [0.25, 0.3) is 0 Å². The van der Waals surface area contributed by atoms with Gasteiger partial charge in [0.1, 0.15) is 0 Å². The number of aryl methyl sites for hydroxylation is 1. The molecule has 0 radical (unpaired) electrons. The molecule has 9 heteroatoms. The van der Waals surface area contributed by atoms with E-state index in [1.807, 2.05) is 30.3 Å². The lowest BCUT2D eigenvalue weighted by atomic mass is 10.1. The molecule has 32 heavy (non-hydrogen) atoms. The molecule has 0 aliphatic carbocycles. The monoisotopic (exact) mass is 429 g/mol. The van der Waals surface area contributed by atoms with Gasteiger partial charge in [-0.3, -0.25) is 9.59 Å². The molecule has 162 valence electrons. The van der Waals surface area contributed by atoms with Gasteiger partial charge in [0.15, 0.2) is 11.6 Å². The van der Waals surface area contributed by atoms with Crippen LogP contribution in [0.3, 0.4) is 0 Å². The highest BCUT2D eigenvalue weighted by Crippen LogP contribution is 2.23. The molecule has 9 nitrogen and oxygen atoms in total. The molecule has 0 bridgehead atoms. The van der Waals surface area contributed by atoms with Gasteiger partial charge >= 0.3 is 5.56 Å². The number of nitrogens with one attached hydrogen (secondary N) is 1. The SMILES string of the molecule is C=NC(=O)Cc1ccc2c(c1)c(N)nn2-n1c(C)cnc(NCCc2ccccc2)c1=O. The number of benzene rings is 2. The van der Waals surface area contributed by atoms with Crippen LogP contribution >= 0.6 is 0 Å². The van der Waals surface area contributed by atoms with Crippen molar-refractivity contribution >= 4 is 35.2 Å². The van der Waals surface area contributed by atoms with Crippen LogP contribution in [0.5, 0.6) is 0 Å². The Kier molecular flexibility index (Phi) is 5.80. The van der Waals surface area contributed by atoms with Gasteiger partial charge in [-0.2, -0.15) is 9.47 Å². The predicted molar refractivity (Wildman–Crippen MR) is 125 cm³/mol. The van der Waals surface area contributed by atoms with Crippen molar-refractivity contribution in [2.45, 2.75) is 19.8 Å². The number of aliphatic imine (C=N–C) groups is 1. The molecule has 0 aliphatic heterocycles. The normalized spacial score (nSPS) is 10.9. The minimum Gasteiger partial charge on any atom is -0.382 e. The zero-order valence-electron chi connectivity index (χ0n) is 17.7. The topological polar surface area (TPSA) is 120 Å². The Hall–Kier alpha value is -4.27. The van der Waals surface area contributed by atoms with Gasteiger partial charge in [0.2, 0.25) is 5.91 Å². The third kappa shape index (κ3) is 4.13. The number of anilines is 2. The van der Waals surface area contributed by atoms with Crippen LogP contribution in [-0.2, 0) is 17.6 Å². The van der Waals surface area contributed by atoms with Crippen molar-refractivity contribution in [3.05, 3.63) is 81.9 Å². The number of carbonyl (C=O) groups is 1. The number of hydrogen-bond acceptors (Lipinski definition) is 6. The summed E-state index contributed by atoms with van der Waals surface area (Å²) in [5.74, 6) is 0.151. The van der Waals surface area contributed by atoms with Gasteiger partial charge < -0.3 is 11.1 Å². The number of carbonyl (C=O) groups excluding carboxylic acids is 1. The van der Waals surface area contributed by atoms with E-state index in [0.717, 1.165) is 12.0 Å². The number of nitrogens with zero attached hydrogens (tertiary/aromatic N) is 5. The second kappa shape index (κ2) is 8.84. The molecule has 0 atom stereocenters. The number of amides is 1. The summed E-state index contributed by atoms with van der Waals surface area (Å²) in [4.78, 5) is 33.9. The van der Waals surface area contributed by atoms with Gasteiger partial charge in [-0.05, 0) is 43.3 Å². The summed E-state index contributed by atoms with van der Waals surface area (Å²) in [6.07, 6.45) is 2.49. The molecular formula is C23H23N7O2. The molecule has 0 aliphatic rings. The lowest BCUT2D eigenvalue weighted by molar-refractivity contribution is -0.117. The number of nitrogen functional groups attached to an aromatic ring is 1. The van der Waals surface area contributed by atoms with E-state index in [2.05, 4.69) is 27.1 Å². The van der Waals surface area contributed by atoms with E-state index in [-0.39, 0.29) is 29.5 Å². The van der Waals surface area contributed by atoms with Crippen molar-refractivity contribution in [1.82, 2.24) is 19.5 Å². The molecule has 0 fully saturated rings. The standard InChI is InChI=1S/C23H23N7O2/c1-15-14-27-22(26-11-10-16-6-4-3-5-7-16)23(32)29(15)30-19-9-8-17(13-20(31)25-2)12-18(19)21(24)28-30/h3-9,12,14H,2,10-11,13H2,1H3,(H2,24,28)(H,26,27). The second-order valence-electron chi connectivity index (χ2n) is 7.38. The van der Waals surface area contributed by atoms with Gasteiger partial charge in [-0.25, -0.2) is 9.98 Å². The molecule has 3 N–H and O–H groups in total. The third-order valence-corrected chi connectivity index (χ3v) is 5.13. The van der Waals surface area contributed by atoms with Crippen LogP contribution < -0.4 is 16.6 Å². The fraction of sp³-hybridized carbons (Fsp3) is 0.174. The van der Waals surface area contributed by atoms with Gasteiger partial charge in [-0.15, -0.1) is 5.10 Å². The van der Waals surface area contributed by atoms with Crippen LogP contribution in [0.25, 0.3) is 10.9 Å². The fourth-order valence-corrected chi connectivity index (χ4v) is 3.52. The molecule has 2 aromatic carbocycles. The molecular weight excluding hydrogens is 406 g/mol. The Balaban J connectivity index is 1.67. The quantitative estimate of drug-likeness (QED) is 0.435. The van der Waals surface area contributed by atoms with Crippen LogP contribution in [-0.4, -0.2) is 38.7 Å². The first-order valence-electron chi connectivity index (χ1n) is 10.1. The maximum Gasteiger partial charge on any atom is 0.313 e. The molecule has 4 rings (SSSR count). The van der Waals surface area contributed by atoms with E-state index in [1.165, 1.54) is 15.0 Å². The Labute approximate surface area is 184 Å². The predicted octanol–water partition coefficient (Wildman–Crippen LogP) is 2.22. The van der Waals surface area contributed by atoms with Gasteiger partial charge in [-0.1, -0.05) is 36.4 Å². The van der Waals surface area contributed by atoms with Gasteiger partial charge in [0.05, 0.1) is 23.8 Å². The molecule has 0 saturated carbocycles. The third-order valence-electron chi connectivity index (χ3n) is 5.13. The summed E-state index contributed by atoms with van der Waals surface area (Å²) in [6.45, 7) is 5.59. The zero-order chi connectivity index (χ0) is 22.7. The van der Waals surface area contributed by atoms with Crippen molar-refractivity contribution in [1.29, 1.82) is 0 Å². The number of nitrogens with two attached hydrogens (primary N) is 1.